The van der Waals surface area contributed by atoms with Crippen molar-refractivity contribution in [3.8, 4) is 5.75 Å². The molecule has 2 fully saturated rings. The number of carbonyl (C=O) groups excluding carboxylic acids is 1. The normalized spacial score (nSPS) is 49.7. The first-order chi connectivity index (χ1) is 11.7. The van der Waals surface area contributed by atoms with Crippen molar-refractivity contribution >= 4 is 5.78 Å². The Morgan fingerprint density at radius 1 is 1.24 bits per heavy atom. The van der Waals surface area contributed by atoms with E-state index in [9.17, 15) is 25.2 Å². The summed E-state index contributed by atoms with van der Waals surface area (Å²) in [5, 5.41) is 42.7. The third-order valence-corrected chi connectivity index (χ3v) is 6.56. The number of phenols is 1. The van der Waals surface area contributed by atoms with E-state index in [4.69, 9.17) is 4.74 Å². The van der Waals surface area contributed by atoms with Gasteiger partial charge in [-0.2, -0.15) is 0 Å². The van der Waals surface area contributed by atoms with Gasteiger partial charge in [-0.3, -0.25) is 4.79 Å². The van der Waals surface area contributed by atoms with E-state index in [1.165, 1.54) is 6.07 Å². The summed E-state index contributed by atoms with van der Waals surface area (Å²) in [6.07, 6.45) is 2.78. The third-order valence-electron chi connectivity index (χ3n) is 6.56. The second-order valence-electron chi connectivity index (χ2n) is 8.17. The van der Waals surface area contributed by atoms with E-state index in [-0.39, 0.29) is 36.4 Å². The summed E-state index contributed by atoms with van der Waals surface area (Å²) in [5.74, 6) is -1.11. The molecule has 1 saturated carbocycles. The van der Waals surface area contributed by atoms with Crippen LogP contribution in [0.3, 0.4) is 0 Å². The van der Waals surface area contributed by atoms with Crippen molar-refractivity contribution in [2.75, 3.05) is 0 Å². The molecule has 0 amide bonds. The highest BCUT2D eigenvalue weighted by Gasteiger charge is 2.86. The first-order valence-corrected chi connectivity index (χ1v) is 8.56. The number of aliphatic hydroxyl groups is 3. The van der Waals surface area contributed by atoms with Gasteiger partial charge >= 0.3 is 0 Å². The number of aliphatic hydroxyl groups excluding tert-OH is 1. The van der Waals surface area contributed by atoms with Crippen LogP contribution in [0.1, 0.15) is 48.2 Å². The van der Waals surface area contributed by atoms with E-state index in [0.717, 1.165) is 0 Å². The number of phenolic OH excluding ortho intramolecular Hbond substituents is 1. The highest BCUT2D eigenvalue weighted by molar-refractivity contribution is 6.10. The average molecular weight is 344 g/mol. The number of ether oxygens (including phenoxy) is 1. The van der Waals surface area contributed by atoms with Gasteiger partial charge in [-0.25, -0.2) is 0 Å². The van der Waals surface area contributed by atoms with Crippen LogP contribution < -0.4 is 0 Å². The Labute approximate surface area is 144 Å². The van der Waals surface area contributed by atoms with Gasteiger partial charge in [0.1, 0.15) is 17.5 Å². The van der Waals surface area contributed by atoms with Crippen molar-refractivity contribution < 1.29 is 30.0 Å². The van der Waals surface area contributed by atoms with E-state index in [0.29, 0.717) is 5.56 Å². The summed E-state index contributed by atoms with van der Waals surface area (Å²) in [6, 6.07) is 4.61. The summed E-state index contributed by atoms with van der Waals surface area (Å²) >= 11 is 0. The Bertz CT molecular complexity index is 844. The van der Waals surface area contributed by atoms with Crippen LogP contribution >= 0.6 is 0 Å². The first-order valence-electron chi connectivity index (χ1n) is 8.56. The molecule has 0 aromatic heterocycles. The van der Waals surface area contributed by atoms with Crippen molar-refractivity contribution in [3.63, 3.8) is 0 Å². The van der Waals surface area contributed by atoms with E-state index < -0.39 is 34.4 Å². The number of ketones is 1. The maximum Gasteiger partial charge on any atom is 0.201 e. The van der Waals surface area contributed by atoms with Crippen molar-refractivity contribution in [3.05, 3.63) is 41.5 Å². The predicted octanol–water partition coefficient (Wildman–Crippen LogP) is 0.982. The average Bonchev–Trinajstić information content (AvgIpc) is 3.23. The number of benzene rings is 1. The lowest BCUT2D eigenvalue weighted by molar-refractivity contribution is -0.120. The molecular formula is C19H20O6. The fourth-order valence-electron chi connectivity index (χ4n) is 5.52. The molecule has 6 nitrogen and oxygen atoms in total. The van der Waals surface area contributed by atoms with Gasteiger partial charge < -0.3 is 25.2 Å². The molecule has 0 radical (unpaired) electrons. The Hall–Kier alpha value is -1.73. The molecule has 4 N–H and O–H groups in total. The number of hydrogen-bond donors (Lipinski definition) is 4. The zero-order chi connectivity index (χ0) is 17.8. The summed E-state index contributed by atoms with van der Waals surface area (Å²) in [7, 11) is 0. The summed E-state index contributed by atoms with van der Waals surface area (Å²) in [5.41, 5.74) is -4.42. The molecule has 6 atom stereocenters. The highest BCUT2D eigenvalue weighted by atomic mass is 16.7. The fourth-order valence-corrected chi connectivity index (χ4v) is 5.52. The number of Topliss-reactive ketones (excluding diaryl/α,β-unsaturated/α-hetero) is 1. The Balaban J connectivity index is 1.72. The second-order valence-corrected chi connectivity index (χ2v) is 8.17. The quantitative estimate of drug-likeness (QED) is 0.412. The number of carbonyl (C=O) groups is 1. The summed E-state index contributed by atoms with van der Waals surface area (Å²) in [6.45, 7) is 1.63. The van der Waals surface area contributed by atoms with Gasteiger partial charge in [0.05, 0.1) is 16.8 Å². The van der Waals surface area contributed by atoms with Crippen LogP contribution in [0, 0.1) is 5.92 Å². The molecule has 132 valence electrons. The minimum atomic E-state index is -1.26. The lowest BCUT2D eigenvalue weighted by atomic mass is 9.54. The smallest absolute Gasteiger partial charge is 0.201 e. The molecule has 1 aliphatic heterocycles. The molecule has 0 spiro atoms. The van der Waals surface area contributed by atoms with E-state index in [1.807, 2.05) is 0 Å². The molecule has 6 heteroatoms. The van der Waals surface area contributed by atoms with Crippen LogP contribution in [0.25, 0.3) is 0 Å². The molecule has 1 aromatic rings. The first kappa shape index (κ1) is 15.5. The second kappa shape index (κ2) is 4.15. The van der Waals surface area contributed by atoms with Gasteiger partial charge in [0, 0.05) is 12.3 Å². The Morgan fingerprint density at radius 2 is 2.00 bits per heavy atom. The molecule has 1 saturated heterocycles. The Morgan fingerprint density at radius 3 is 2.76 bits per heavy atom. The van der Waals surface area contributed by atoms with E-state index in [1.54, 1.807) is 31.2 Å². The number of fused-ring (bicyclic) bond motifs is 2. The molecular weight excluding hydrogens is 324 g/mol. The van der Waals surface area contributed by atoms with Gasteiger partial charge in [0.2, 0.25) is 5.78 Å². The van der Waals surface area contributed by atoms with Gasteiger partial charge in [0.25, 0.3) is 0 Å². The van der Waals surface area contributed by atoms with Gasteiger partial charge in [-0.05, 0) is 31.4 Å². The molecule has 1 aromatic carbocycles. The molecule has 25 heavy (non-hydrogen) atoms. The predicted molar refractivity (Wildman–Crippen MR) is 86.0 cm³/mol. The SMILES string of the molecule is C[C@]1(O)C=C[C@H]2[C@](O)(CC[C@]34O[C@]23[C@@H](O)c2cccc(O)c2C4=O)C1. The number of aromatic hydroxyl groups is 1. The zero-order valence-electron chi connectivity index (χ0n) is 13.8. The van der Waals surface area contributed by atoms with Crippen molar-refractivity contribution in [2.45, 2.75) is 54.7 Å². The molecule has 0 unspecified atom stereocenters. The third kappa shape index (κ3) is 1.57. The zero-order valence-corrected chi connectivity index (χ0v) is 13.8. The van der Waals surface area contributed by atoms with Crippen LogP contribution in [0.5, 0.6) is 5.75 Å². The number of rotatable bonds is 0. The lowest BCUT2D eigenvalue weighted by Gasteiger charge is -2.50. The number of hydrogen-bond acceptors (Lipinski definition) is 6. The number of epoxide rings is 1. The van der Waals surface area contributed by atoms with Crippen LogP contribution in [-0.2, 0) is 4.74 Å². The Kier molecular flexibility index (Phi) is 2.58. The molecule has 5 rings (SSSR count). The van der Waals surface area contributed by atoms with Crippen molar-refractivity contribution in [1.82, 2.24) is 0 Å². The van der Waals surface area contributed by atoms with Crippen LogP contribution in [0.2, 0.25) is 0 Å². The van der Waals surface area contributed by atoms with E-state index >= 15 is 0 Å². The van der Waals surface area contributed by atoms with Gasteiger partial charge in [-0.1, -0.05) is 24.3 Å². The monoisotopic (exact) mass is 344 g/mol. The lowest BCUT2D eigenvalue weighted by Crippen LogP contribution is -2.61. The van der Waals surface area contributed by atoms with Crippen LogP contribution in [0.4, 0.5) is 0 Å². The standard InChI is InChI=1S/C19H20O6/c1-16(23)6-5-12-17(24,9-16)7-8-18-15(22)13-10(3-2-4-11(13)20)14(21)19(12,18)25-18/h2-6,12,14,20-21,23-24H,7-9H2,1H3/t12-,14-,16-,17-,18+,19-/m0/s1. The topological polar surface area (TPSA) is 111 Å². The van der Waals surface area contributed by atoms with Crippen LogP contribution in [0.15, 0.2) is 30.4 Å². The minimum absolute atomic E-state index is 0.111. The fraction of sp³-hybridized carbons (Fsp3) is 0.526. The van der Waals surface area contributed by atoms with Crippen molar-refractivity contribution in [2.24, 2.45) is 5.92 Å². The maximum absolute atomic E-state index is 13.1. The summed E-state index contributed by atoms with van der Waals surface area (Å²) < 4.78 is 5.98. The van der Waals surface area contributed by atoms with Gasteiger partial charge in [0.15, 0.2) is 5.60 Å². The minimum Gasteiger partial charge on any atom is -0.507 e. The van der Waals surface area contributed by atoms with Crippen LogP contribution in [-0.4, -0.2) is 48.6 Å². The summed E-state index contributed by atoms with van der Waals surface area (Å²) in [4.78, 5) is 13.1. The maximum atomic E-state index is 13.1. The molecule has 4 aliphatic rings. The molecule has 3 aliphatic carbocycles. The van der Waals surface area contributed by atoms with Crippen molar-refractivity contribution in [1.29, 1.82) is 0 Å². The largest absolute Gasteiger partial charge is 0.507 e. The highest BCUT2D eigenvalue weighted by Crippen LogP contribution is 2.72. The molecule has 0 bridgehead atoms. The van der Waals surface area contributed by atoms with Gasteiger partial charge in [-0.15, -0.1) is 0 Å². The molecule has 1 heterocycles. The van der Waals surface area contributed by atoms with E-state index in [2.05, 4.69) is 0 Å².